The van der Waals surface area contributed by atoms with Gasteiger partial charge in [0.1, 0.15) is 0 Å². The highest BCUT2D eigenvalue weighted by atomic mass is 16.6. The van der Waals surface area contributed by atoms with Crippen molar-refractivity contribution in [3.05, 3.63) is 101 Å². The first-order chi connectivity index (χ1) is 17.4. The first-order valence-corrected chi connectivity index (χ1v) is 12.2. The maximum Gasteiger partial charge on any atom is 0.411 e. The number of amides is 3. The van der Waals surface area contributed by atoms with Crippen LogP contribution in [0.2, 0.25) is 0 Å². The second kappa shape index (κ2) is 9.85. The molecule has 2 atom stereocenters. The van der Waals surface area contributed by atoms with Crippen molar-refractivity contribution in [3.8, 4) is 0 Å². The summed E-state index contributed by atoms with van der Waals surface area (Å²) in [6.07, 6.45) is 0.632. The highest BCUT2D eigenvalue weighted by molar-refractivity contribution is 6.04. The topological polar surface area (TPSA) is 87.7 Å². The van der Waals surface area contributed by atoms with Crippen LogP contribution in [-0.2, 0) is 16.1 Å². The molecule has 0 spiro atoms. The van der Waals surface area contributed by atoms with Crippen molar-refractivity contribution in [2.24, 2.45) is 0 Å². The molecule has 3 amide bonds. The van der Waals surface area contributed by atoms with Crippen LogP contribution in [0.5, 0.6) is 0 Å². The molecule has 0 bridgehead atoms. The third-order valence-electron chi connectivity index (χ3n) is 6.53. The van der Waals surface area contributed by atoms with Gasteiger partial charge in [-0.25, -0.2) is 4.79 Å². The first-order valence-electron chi connectivity index (χ1n) is 12.2. The number of nitrogens with zero attached hydrogens (tertiary/aromatic N) is 1. The van der Waals surface area contributed by atoms with E-state index in [9.17, 15) is 14.4 Å². The molecule has 1 saturated heterocycles. The van der Waals surface area contributed by atoms with Crippen LogP contribution in [0.3, 0.4) is 0 Å². The van der Waals surface area contributed by atoms with Crippen LogP contribution in [-0.4, -0.2) is 34.9 Å². The summed E-state index contributed by atoms with van der Waals surface area (Å²) < 4.78 is 5.73. The minimum absolute atomic E-state index is 0.161. The maximum atomic E-state index is 13.2. The molecule has 2 N–H and O–H groups in total. The Balaban J connectivity index is 1.35. The molecule has 3 aromatic rings. The van der Waals surface area contributed by atoms with Crippen LogP contribution in [0, 0.1) is 13.8 Å². The summed E-state index contributed by atoms with van der Waals surface area (Å²) in [6, 6.07) is 21.7. The average molecular weight is 484 g/mol. The standard InChI is InChI=1S/C29H29N3O4/c1-18-6-8-20(9-7-18)17-32-25(28(34)31-24-14-15-24)26(36-29(32)35)21-10-12-23(13-11-21)30-27(33)22-5-3-4-19(2)16-22/h3-13,16,24-26H,14-15,17H2,1-2H3,(H,30,33)(H,31,34). The van der Waals surface area contributed by atoms with E-state index in [2.05, 4.69) is 10.6 Å². The van der Waals surface area contributed by atoms with E-state index in [0.717, 1.165) is 29.5 Å². The van der Waals surface area contributed by atoms with E-state index in [1.165, 1.54) is 4.90 Å². The molecule has 1 aliphatic carbocycles. The van der Waals surface area contributed by atoms with Crippen molar-refractivity contribution in [1.82, 2.24) is 10.2 Å². The van der Waals surface area contributed by atoms with Crippen LogP contribution in [0.15, 0.2) is 72.8 Å². The number of carbonyl (C=O) groups excluding carboxylic acids is 3. The van der Waals surface area contributed by atoms with Crippen molar-refractivity contribution < 1.29 is 19.1 Å². The number of aryl methyl sites for hydroxylation is 2. The third kappa shape index (κ3) is 5.25. The van der Waals surface area contributed by atoms with E-state index in [-0.39, 0.29) is 24.4 Å². The Bertz CT molecular complexity index is 1280. The van der Waals surface area contributed by atoms with Gasteiger partial charge in [0.2, 0.25) is 5.91 Å². The molecule has 5 rings (SSSR count). The van der Waals surface area contributed by atoms with Crippen LogP contribution < -0.4 is 10.6 Å². The van der Waals surface area contributed by atoms with E-state index in [1.807, 2.05) is 56.3 Å². The zero-order valence-electron chi connectivity index (χ0n) is 20.4. The van der Waals surface area contributed by atoms with Crippen molar-refractivity contribution >= 4 is 23.6 Å². The Morgan fingerprint density at radius 3 is 2.33 bits per heavy atom. The lowest BCUT2D eigenvalue weighted by Gasteiger charge is -2.24. The van der Waals surface area contributed by atoms with E-state index >= 15 is 0 Å². The van der Waals surface area contributed by atoms with Gasteiger partial charge in [0.25, 0.3) is 5.91 Å². The fourth-order valence-corrected chi connectivity index (χ4v) is 4.36. The number of hydrogen-bond acceptors (Lipinski definition) is 4. The molecule has 0 radical (unpaired) electrons. The van der Waals surface area contributed by atoms with E-state index in [0.29, 0.717) is 16.8 Å². The molecule has 2 fully saturated rings. The second-order valence-electron chi connectivity index (χ2n) is 9.59. The predicted octanol–water partition coefficient (Wildman–Crippen LogP) is 4.90. The fourth-order valence-electron chi connectivity index (χ4n) is 4.36. The van der Waals surface area contributed by atoms with Crippen molar-refractivity contribution in [1.29, 1.82) is 0 Å². The van der Waals surface area contributed by atoms with Gasteiger partial charge in [-0.3, -0.25) is 14.5 Å². The molecule has 0 aromatic heterocycles. The summed E-state index contributed by atoms with van der Waals surface area (Å²) in [5.74, 6) is -0.415. The van der Waals surface area contributed by atoms with Crippen molar-refractivity contribution in [2.75, 3.05) is 5.32 Å². The average Bonchev–Trinajstić information content (AvgIpc) is 3.62. The Hall–Kier alpha value is -4.13. The molecular formula is C29H29N3O4. The summed E-state index contributed by atoms with van der Waals surface area (Å²) in [7, 11) is 0. The van der Waals surface area contributed by atoms with Crippen LogP contribution in [0.1, 0.15) is 51.6 Å². The van der Waals surface area contributed by atoms with Crippen LogP contribution in [0.4, 0.5) is 10.5 Å². The number of rotatable bonds is 7. The Morgan fingerprint density at radius 1 is 0.944 bits per heavy atom. The summed E-state index contributed by atoms with van der Waals surface area (Å²) in [4.78, 5) is 40.2. The summed E-state index contributed by atoms with van der Waals surface area (Å²) >= 11 is 0. The lowest BCUT2D eigenvalue weighted by atomic mass is 10.00. The highest BCUT2D eigenvalue weighted by Crippen LogP contribution is 2.35. The number of hydrogen-bond donors (Lipinski definition) is 2. The molecule has 184 valence electrons. The summed E-state index contributed by atoms with van der Waals surface area (Å²) in [6.45, 7) is 4.22. The number of benzene rings is 3. The van der Waals surface area contributed by atoms with Gasteiger partial charge in [-0.1, -0.05) is 59.7 Å². The SMILES string of the molecule is Cc1ccc(CN2C(=O)OC(c3ccc(NC(=O)c4cccc(C)c4)cc3)C2C(=O)NC2CC2)cc1. The number of cyclic esters (lactones) is 1. The van der Waals surface area contributed by atoms with Gasteiger partial charge in [-0.15, -0.1) is 0 Å². The highest BCUT2D eigenvalue weighted by Gasteiger charge is 2.47. The largest absolute Gasteiger partial charge is 0.438 e. The Labute approximate surface area is 210 Å². The van der Waals surface area contributed by atoms with Gasteiger partial charge in [0, 0.05) is 17.3 Å². The lowest BCUT2D eigenvalue weighted by Crippen LogP contribution is -2.46. The molecule has 1 saturated carbocycles. The Morgan fingerprint density at radius 2 is 1.67 bits per heavy atom. The number of anilines is 1. The molecule has 1 heterocycles. The monoisotopic (exact) mass is 483 g/mol. The van der Waals surface area contributed by atoms with Gasteiger partial charge >= 0.3 is 6.09 Å². The molecule has 3 aromatic carbocycles. The fraction of sp³-hybridized carbons (Fsp3) is 0.276. The Kier molecular flexibility index (Phi) is 6.46. The van der Waals surface area contributed by atoms with Gasteiger partial charge < -0.3 is 15.4 Å². The first kappa shape index (κ1) is 23.6. The maximum absolute atomic E-state index is 13.2. The van der Waals surface area contributed by atoms with Gasteiger partial charge in [0.05, 0.1) is 6.54 Å². The normalized spacial score (nSPS) is 19.1. The smallest absolute Gasteiger partial charge is 0.411 e. The minimum atomic E-state index is -0.785. The van der Waals surface area contributed by atoms with E-state index in [1.54, 1.807) is 30.3 Å². The number of carbonyl (C=O) groups is 3. The quantitative estimate of drug-likeness (QED) is 0.501. The minimum Gasteiger partial charge on any atom is -0.438 e. The number of ether oxygens (including phenoxy) is 1. The molecule has 1 aliphatic heterocycles. The molecule has 2 unspecified atom stereocenters. The van der Waals surface area contributed by atoms with Crippen molar-refractivity contribution in [2.45, 2.75) is 51.4 Å². The van der Waals surface area contributed by atoms with Gasteiger partial charge in [0.15, 0.2) is 12.1 Å². The van der Waals surface area contributed by atoms with Crippen LogP contribution in [0.25, 0.3) is 0 Å². The molecule has 7 nitrogen and oxygen atoms in total. The van der Waals surface area contributed by atoms with E-state index in [4.69, 9.17) is 4.74 Å². The number of nitrogens with one attached hydrogen (secondary N) is 2. The molecular weight excluding hydrogens is 454 g/mol. The van der Waals surface area contributed by atoms with Crippen molar-refractivity contribution in [3.63, 3.8) is 0 Å². The molecule has 2 aliphatic rings. The second-order valence-corrected chi connectivity index (χ2v) is 9.59. The van der Waals surface area contributed by atoms with Gasteiger partial charge in [-0.2, -0.15) is 0 Å². The molecule has 36 heavy (non-hydrogen) atoms. The zero-order chi connectivity index (χ0) is 25.2. The van der Waals surface area contributed by atoms with Gasteiger partial charge in [-0.05, 0) is 62.1 Å². The van der Waals surface area contributed by atoms with Crippen LogP contribution >= 0.6 is 0 Å². The predicted molar refractivity (Wildman–Crippen MR) is 136 cm³/mol. The molecule has 7 heteroatoms. The lowest BCUT2D eigenvalue weighted by molar-refractivity contribution is -0.126. The summed E-state index contributed by atoms with van der Waals surface area (Å²) in [5, 5.41) is 5.92. The van der Waals surface area contributed by atoms with E-state index < -0.39 is 18.2 Å². The summed E-state index contributed by atoms with van der Waals surface area (Å²) in [5.41, 5.74) is 4.94. The zero-order valence-corrected chi connectivity index (χ0v) is 20.4. The third-order valence-corrected chi connectivity index (χ3v) is 6.53.